The first kappa shape index (κ1) is 16.1. The highest BCUT2D eigenvalue weighted by atomic mass is 79.9. The van der Waals surface area contributed by atoms with Gasteiger partial charge in [-0.25, -0.2) is 9.97 Å². The molecule has 0 bridgehead atoms. The lowest BCUT2D eigenvalue weighted by atomic mass is 10.1. The van der Waals surface area contributed by atoms with Gasteiger partial charge in [-0.1, -0.05) is 41.1 Å². The number of aryl methyl sites for hydroxylation is 2. The van der Waals surface area contributed by atoms with Crippen molar-refractivity contribution in [2.45, 2.75) is 33.6 Å². The fraction of sp³-hybridized carbons (Fsp3) is 0.412. The van der Waals surface area contributed by atoms with E-state index in [9.17, 15) is 0 Å². The average molecular weight is 348 g/mol. The maximum atomic E-state index is 4.70. The van der Waals surface area contributed by atoms with Gasteiger partial charge in [0, 0.05) is 21.4 Å². The summed E-state index contributed by atoms with van der Waals surface area (Å²) in [5.74, 6) is 0.794. The van der Waals surface area contributed by atoms with Crippen molar-refractivity contribution in [3.8, 4) is 11.4 Å². The third-order valence-corrected chi connectivity index (χ3v) is 4.21. The van der Waals surface area contributed by atoms with E-state index < -0.39 is 0 Å². The Kier molecular flexibility index (Phi) is 5.88. The van der Waals surface area contributed by atoms with Gasteiger partial charge in [0.15, 0.2) is 5.82 Å². The van der Waals surface area contributed by atoms with Crippen LogP contribution in [0.5, 0.6) is 0 Å². The van der Waals surface area contributed by atoms with Crippen molar-refractivity contribution in [3.63, 3.8) is 0 Å². The summed E-state index contributed by atoms with van der Waals surface area (Å²) in [7, 11) is 0. The second-order valence-electron chi connectivity index (χ2n) is 5.18. The SMILES string of the molecule is CCCNCCc1c(C)nc(-c2ccccc2Br)nc1C. The van der Waals surface area contributed by atoms with Gasteiger partial charge in [-0.15, -0.1) is 0 Å². The summed E-state index contributed by atoms with van der Waals surface area (Å²) in [5, 5.41) is 3.43. The molecule has 4 heteroatoms. The molecule has 0 fully saturated rings. The van der Waals surface area contributed by atoms with Crippen molar-refractivity contribution in [1.82, 2.24) is 15.3 Å². The van der Waals surface area contributed by atoms with Gasteiger partial charge in [-0.05, 0) is 51.4 Å². The first-order valence-electron chi connectivity index (χ1n) is 7.43. The summed E-state index contributed by atoms with van der Waals surface area (Å²) in [6, 6.07) is 8.07. The molecule has 0 aliphatic rings. The van der Waals surface area contributed by atoms with Crippen LogP contribution in [0.4, 0.5) is 0 Å². The first-order valence-corrected chi connectivity index (χ1v) is 8.22. The van der Waals surface area contributed by atoms with E-state index in [0.29, 0.717) is 0 Å². The Hall–Kier alpha value is -1.26. The number of hydrogen-bond donors (Lipinski definition) is 1. The van der Waals surface area contributed by atoms with Crippen LogP contribution < -0.4 is 5.32 Å². The number of aromatic nitrogens is 2. The Balaban J connectivity index is 2.23. The van der Waals surface area contributed by atoms with Gasteiger partial charge in [0.2, 0.25) is 0 Å². The average Bonchev–Trinajstić information content (AvgIpc) is 2.46. The molecule has 0 saturated carbocycles. The largest absolute Gasteiger partial charge is 0.316 e. The second-order valence-corrected chi connectivity index (χ2v) is 6.03. The summed E-state index contributed by atoms with van der Waals surface area (Å²) in [6.45, 7) is 8.37. The lowest BCUT2D eigenvalue weighted by Crippen LogP contribution is -2.19. The monoisotopic (exact) mass is 347 g/mol. The van der Waals surface area contributed by atoms with Crippen molar-refractivity contribution >= 4 is 15.9 Å². The fourth-order valence-electron chi connectivity index (χ4n) is 2.38. The minimum Gasteiger partial charge on any atom is -0.316 e. The predicted octanol–water partition coefficient (Wildman–Crippen LogP) is 4.07. The van der Waals surface area contributed by atoms with Crippen LogP contribution in [0.3, 0.4) is 0 Å². The lowest BCUT2D eigenvalue weighted by molar-refractivity contribution is 0.666. The second kappa shape index (κ2) is 7.66. The summed E-state index contributed by atoms with van der Waals surface area (Å²) < 4.78 is 1.03. The number of rotatable bonds is 6. The Bertz CT molecular complexity index is 588. The first-order chi connectivity index (χ1) is 10.1. The number of benzene rings is 1. The van der Waals surface area contributed by atoms with Crippen LogP contribution in [-0.2, 0) is 6.42 Å². The molecule has 0 saturated heterocycles. The lowest BCUT2D eigenvalue weighted by Gasteiger charge is -2.12. The molecular weight excluding hydrogens is 326 g/mol. The van der Waals surface area contributed by atoms with Crippen LogP contribution in [0.25, 0.3) is 11.4 Å². The molecule has 0 atom stereocenters. The van der Waals surface area contributed by atoms with Gasteiger partial charge in [-0.2, -0.15) is 0 Å². The maximum Gasteiger partial charge on any atom is 0.160 e. The van der Waals surface area contributed by atoms with Crippen LogP contribution in [-0.4, -0.2) is 23.1 Å². The third kappa shape index (κ3) is 4.11. The molecule has 2 aromatic rings. The summed E-state index contributed by atoms with van der Waals surface area (Å²) in [5.41, 5.74) is 4.45. The van der Waals surface area contributed by atoms with Crippen molar-refractivity contribution in [3.05, 3.63) is 45.7 Å². The van der Waals surface area contributed by atoms with Crippen molar-refractivity contribution < 1.29 is 0 Å². The summed E-state index contributed by atoms with van der Waals surface area (Å²) >= 11 is 3.57. The van der Waals surface area contributed by atoms with E-state index >= 15 is 0 Å². The van der Waals surface area contributed by atoms with E-state index in [4.69, 9.17) is 9.97 Å². The predicted molar refractivity (Wildman–Crippen MR) is 91.5 cm³/mol. The van der Waals surface area contributed by atoms with Crippen LogP contribution in [0.1, 0.15) is 30.3 Å². The molecule has 1 aromatic carbocycles. The molecule has 0 aliphatic heterocycles. The minimum atomic E-state index is 0.794. The van der Waals surface area contributed by atoms with E-state index in [2.05, 4.69) is 42.0 Å². The van der Waals surface area contributed by atoms with Gasteiger partial charge in [0.05, 0.1) is 0 Å². The number of nitrogens with zero attached hydrogens (tertiary/aromatic N) is 2. The highest BCUT2D eigenvalue weighted by Crippen LogP contribution is 2.26. The molecular formula is C17H22BrN3. The van der Waals surface area contributed by atoms with E-state index in [-0.39, 0.29) is 0 Å². The van der Waals surface area contributed by atoms with Gasteiger partial charge < -0.3 is 5.32 Å². The quantitative estimate of drug-likeness (QED) is 0.800. The normalized spacial score (nSPS) is 10.9. The highest BCUT2D eigenvalue weighted by Gasteiger charge is 2.11. The Morgan fingerprint density at radius 2 is 1.71 bits per heavy atom. The summed E-state index contributed by atoms with van der Waals surface area (Å²) in [4.78, 5) is 9.39. The molecule has 1 aromatic heterocycles. The van der Waals surface area contributed by atoms with E-state index in [1.807, 2.05) is 24.3 Å². The Morgan fingerprint density at radius 1 is 1.05 bits per heavy atom. The van der Waals surface area contributed by atoms with Crippen LogP contribution >= 0.6 is 15.9 Å². The zero-order valence-corrected chi connectivity index (χ0v) is 14.5. The molecule has 0 radical (unpaired) electrons. The molecule has 0 amide bonds. The smallest absolute Gasteiger partial charge is 0.160 e. The molecule has 21 heavy (non-hydrogen) atoms. The van der Waals surface area contributed by atoms with Gasteiger partial charge in [0.25, 0.3) is 0 Å². The minimum absolute atomic E-state index is 0.794. The van der Waals surface area contributed by atoms with E-state index in [0.717, 1.165) is 53.2 Å². The fourth-order valence-corrected chi connectivity index (χ4v) is 2.84. The van der Waals surface area contributed by atoms with Gasteiger partial charge in [-0.3, -0.25) is 0 Å². The van der Waals surface area contributed by atoms with Crippen LogP contribution in [0.15, 0.2) is 28.7 Å². The molecule has 0 unspecified atom stereocenters. The number of hydrogen-bond acceptors (Lipinski definition) is 3. The summed E-state index contributed by atoms with van der Waals surface area (Å²) in [6.07, 6.45) is 2.14. The highest BCUT2D eigenvalue weighted by molar-refractivity contribution is 9.10. The molecule has 0 aliphatic carbocycles. The molecule has 1 heterocycles. The van der Waals surface area contributed by atoms with E-state index in [1.165, 1.54) is 5.56 Å². The maximum absolute atomic E-state index is 4.70. The molecule has 112 valence electrons. The Labute approximate surface area is 135 Å². The zero-order valence-electron chi connectivity index (χ0n) is 12.9. The van der Waals surface area contributed by atoms with E-state index in [1.54, 1.807) is 0 Å². The van der Waals surface area contributed by atoms with Crippen molar-refractivity contribution in [2.24, 2.45) is 0 Å². The van der Waals surface area contributed by atoms with Crippen LogP contribution in [0.2, 0.25) is 0 Å². The number of halogens is 1. The van der Waals surface area contributed by atoms with Gasteiger partial charge >= 0.3 is 0 Å². The number of nitrogens with one attached hydrogen (secondary N) is 1. The van der Waals surface area contributed by atoms with Crippen molar-refractivity contribution in [2.75, 3.05) is 13.1 Å². The van der Waals surface area contributed by atoms with Crippen LogP contribution in [0, 0.1) is 13.8 Å². The molecule has 0 spiro atoms. The Morgan fingerprint density at radius 3 is 2.33 bits per heavy atom. The molecule has 2 rings (SSSR count). The van der Waals surface area contributed by atoms with Crippen molar-refractivity contribution in [1.29, 1.82) is 0 Å². The molecule has 3 nitrogen and oxygen atoms in total. The third-order valence-electron chi connectivity index (χ3n) is 3.51. The topological polar surface area (TPSA) is 37.8 Å². The molecule has 1 N–H and O–H groups in total. The standard InChI is InChI=1S/C17H22BrN3/c1-4-10-19-11-9-14-12(2)20-17(21-13(14)3)15-7-5-6-8-16(15)18/h5-8,19H,4,9-11H2,1-3H3. The zero-order chi connectivity index (χ0) is 15.2. The van der Waals surface area contributed by atoms with Gasteiger partial charge in [0.1, 0.15) is 0 Å².